The minimum atomic E-state index is -0.445. The molecule has 2 aromatic rings. The van der Waals surface area contributed by atoms with Crippen LogP contribution in [0.5, 0.6) is 0 Å². The van der Waals surface area contributed by atoms with Crippen LogP contribution in [0.15, 0.2) is 37.5 Å². The first kappa shape index (κ1) is 13.4. The summed E-state index contributed by atoms with van der Waals surface area (Å²) in [5, 5.41) is 17.9. The van der Waals surface area contributed by atoms with Crippen LogP contribution in [0.1, 0.15) is 18.9 Å². The third-order valence-corrected chi connectivity index (χ3v) is 4.43. The molecule has 0 atom stereocenters. The second kappa shape index (κ2) is 5.06. The fourth-order valence-corrected chi connectivity index (χ4v) is 3.18. The van der Waals surface area contributed by atoms with Crippen molar-refractivity contribution in [2.75, 3.05) is 0 Å². The molecular weight excluding hydrogens is 348 g/mol. The molecule has 1 aromatic carbocycles. The molecule has 1 heterocycles. The van der Waals surface area contributed by atoms with Gasteiger partial charge in [0.15, 0.2) is 5.16 Å². The van der Waals surface area contributed by atoms with Gasteiger partial charge in [0.05, 0.1) is 9.82 Å². The van der Waals surface area contributed by atoms with E-state index in [-0.39, 0.29) is 17.4 Å². The van der Waals surface area contributed by atoms with Gasteiger partial charge in [-0.3, -0.25) is 14.7 Å². The highest BCUT2D eigenvalue weighted by Gasteiger charge is 2.29. The number of nitrogens with zero attached hydrogens (tertiary/aromatic N) is 3. The fraction of sp³-hybridized carbons (Fsp3) is 0.273. The molecule has 1 fully saturated rings. The van der Waals surface area contributed by atoms with Gasteiger partial charge in [-0.2, -0.15) is 0 Å². The summed E-state index contributed by atoms with van der Waals surface area (Å²) in [5.74, 6) is 0. The first-order valence-electron chi connectivity index (χ1n) is 5.85. The molecule has 1 aliphatic rings. The van der Waals surface area contributed by atoms with Crippen LogP contribution in [0.4, 0.5) is 5.69 Å². The van der Waals surface area contributed by atoms with E-state index in [2.05, 4.69) is 26.1 Å². The summed E-state index contributed by atoms with van der Waals surface area (Å²) < 4.78 is 2.20. The van der Waals surface area contributed by atoms with Crippen molar-refractivity contribution in [2.24, 2.45) is 0 Å². The average Bonchev–Trinajstić information content (AvgIpc) is 3.17. The van der Waals surface area contributed by atoms with Crippen molar-refractivity contribution >= 4 is 33.4 Å². The van der Waals surface area contributed by atoms with Crippen molar-refractivity contribution in [1.29, 1.82) is 0 Å². The fourth-order valence-electron chi connectivity index (χ4n) is 1.83. The normalized spacial score (nSPS) is 14.4. The smallest absolute Gasteiger partial charge is 0.267 e. The van der Waals surface area contributed by atoms with E-state index in [1.54, 1.807) is 16.7 Å². The second-order valence-corrected chi connectivity index (χ2v) is 6.31. The van der Waals surface area contributed by atoms with Crippen molar-refractivity contribution < 1.29 is 4.92 Å². The van der Waals surface area contributed by atoms with Crippen LogP contribution in [0, 0.1) is 10.1 Å². The first-order valence-corrected chi connectivity index (χ1v) is 7.46. The highest BCUT2D eigenvalue weighted by Crippen LogP contribution is 2.40. The quantitative estimate of drug-likeness (QED) is 0.671. The van der Waals surface area contributed by atoms with Crippen molar-refractivity contribution in [2.45, 2.75) is 28.9 Å². The predicted octanol–water partition coefficient (Wildman–Crippen LogP) is 2.73. The predicted molar refractivity (Wildman–Crippen MR) is 76.0 cm³/mol. The van der Waals surface area contributed by atoms with Crippen LogP contribution in [-0.2, 0) is 0 Å². The van der Waals surface area contributed by atoms with Crippen LogP contribution >= 0.6 is 27.7 Å². The van der Waals surface area contributed by atoms with Gasteiger partial charge in [-0.05, 0) is 36.7 Å². The number of nitrogens with one attached hydrogen (secondary N) is 1. The Morgan fingerprint density at radius 1 is 1.50 bits per heavy atom. The van der Waals surface area contributed by atoms with Crippen LogP contribution in [-0.4, -0.2) is 19.7 Å². The zero-order valence-corrected chi connectivity index (χ0v) is 12.5. The van der Waals surface area contributed by atoms with Crippen LogP contribution in [0.25, 0.3) is 0 Å². The van der Waals surface area contributed by atoms with Gasteiger partial charge >= 0.3 is 5.69 Å². The minimum Gasteiger partial charge on any atom is -0.267 e. The van der Waals surface area contributed by atoms with Gasteiger partial charge in [-0.1, -0.05) is 15.9 Å². The highest BCUT2D eigenvalue weighted by molar-refractivity contribution is 9.10. The maximum atomic E-state index is 11.7. The molecule has 3 rings (SSSR count). The van der Waals surface area contributed by atoms with Gasteiger partial charge in [-0.15, -0.1) is 5.10 Å². The standard InChI is InChI=1S/C11H9BrN4O3S/c12-6-1-4-9(8(5-6)16(18)19)20-11-14-13-10(17)15(11)7-2-3-7/h1,4-5,7H,2-3H2,(H,13,17). The van der Waals surface area contributed by atoms with Crippen molar-refractivity contribution in [3.05, 3.63) is 43.3 Å². The Morgan fingerprint density at radius 3 is 2.90 bits per heavy atom. The molecule has 20 heavy (non-hydrogen) atoms. The molecule has 1 saturated carbocycles. The van der Waals surface area contributed by atoms with Gasteiger partial charge in [0.1, 0.15) is 0 Å². The molecule has 0 radical (unpaired) electrons. The molecule has 9 heteroatoms. The number of aromatic amines is 1. The Labute approximate surface area is 125 Å². The maximum Gasteiger partial charge on any atom is 0.344 e. The SMILES string of the molecule is O=c1[nH]nc(Sc2ccc(Br)cc2[N+](=O)[O-])n1C1CC1. The van der Waals surface area contributed by atoms with Crippen molar-refractivity contribution in [3.8, 4) is 0 Å². The Kier molecular flexibility index (Phi) is 3.38. The summed E-state index contributed by atoms with van der Waals surface area (Å²) in [6, 6.07) is 4.97. The van der Waals surface area contributed by atoms with Crippen molar-refractivity contribution in [1.82, 2.24) is 14.8 Å². The lowest BCUT2D eigenvalue weighted by molar-refractivity contribution is -0.387. The Balaban J connectivity index is 1.99. The van der Waals surface area contributed by atoms with E-state index in [1.807, 2.05) is 0 Å². The maximum absolute atomic E-state index is 11.7. The minimum absolute atomic E-state index is 0.0119. The number of hydrogen-bond donors (Lipinski definition) is 1. The number of aromatic nitrogens is 3. The number of hydrogen-bond acceptors (Lipinski definition) is 5. The molecule has 7 nitrogen and oxygen atoms in total. The summed E-state index contributed by atoms with van der Waals surface area (Å²) >= 11 is 4.34. The lowest BCUT2D eigenvalue weighted by Crippen LogP contribution is -2.16. The monoisotopic (exact) mass is 356 g/mol. The lowest BCUT2D eigenvalue weighted by Gasteiger charge is -2.04. The molecule has 0 spiro atoms. The first-order chi connectivity index (χ1) is 9.56. The zero-order chi connectivity index (χ0) is 14.3. The number of rotatable bonds is 4. The van der Waals surface area contributed by atoms with Gasteiger partial charge in [0.2, 0.25) is 0 Å². The number of H-pyrrole nitrogens is 1. The van der Waals surface area contributed by atoms with Gasteiger partial charge in [0, 0.05) is 16.6 Å². The Morgan fingerprint density at radius 2 is 2.25 bits per heavy atom. The number of halogens is 1. The van der Waals surface area contributed by atoms with Gasteiger partial charge in [0.25, 0.3) is 5.69 Å². The van der Waals surface area contributed by atoms with E-state index >= 15 is 0 Å². The van der Waals surface area contributed by atoms with Crippen molar-refractivity contribution in [3.63, 3.8) is 0 Å². The molecular formula is C11H9BrN4O3S. The van der Waals surface area contributed by atoms with E-state index in [9.17, 15) is 14.9 Å². The van der Waals surface area contributed by atoms with Crippen LogP contribution in [0.3, 0.4) is 0 Å². The van der Waals surface area contributed by atoms with E-state index in [1.165, 1.54) is 6.07 Å². The number of nitro benzene ring substituents is 1. The van der Waals surface area contributed by atoms with E-state index < -0.39 is 4.92 Å². The van der Waals surface area contributed by atoms with Crippen LogP contribution < -0.4 is 5.69 Å². The topological polar surface area (TPSA) is 93.8 Å². The molecule has 0 bridgehead atoms. The van der Waals surface area contributed by atoms with E-state index in [4.69, 9.17) is 0 Å². The number of nitro groups is 1. The Bertz CT molecular complexity index is 738. The van der Waals surface area contributed by atoms with Gasteiger partial charge in [-0.25, -0.2) is 9.89 Å². The molecule has 0 aliphatic heterocycles. The molecule has 0 saturated heterocycles. The van der Waals surface area contributed by atoms with Gasteiger partial charge < -0.3 is 0 Å². The highest BCUT2D eigenvalue weighted by atomic mass is 79.9. The summed E-state index contributed by atoms with van der Waals surface area (Å²) in [6.07, 6.45) is 1.88. The van der Waals surface area contributed by atoms with E-state index in [0.717, 1.165) is 24.6 Å². The van der Waals surface area contributed by atoms with Crippen LogP contribution in [0.2, 0.25) is 0 Å². The molecule has 0 amide bonds. The third kappa shape index (κ3) is 2.50. The second-order valence-electron chi connectivity index (χ2n) is 4.38. The molecule has 1 N–H and O–H groups in total. The summed E-state index contributed by atoms with van der Waals surface area (Å²) in [5.41, 5.74) is -0.281. The zero-order valence-electron chi connectivity index (χ0n) is 10.1. The Hall–Kier alpha value is -1.61. The molecule has 104 valence electrons. The van der Waals surface area contributed by atoms with E-state index in [0.29, 0.717) is 14.5 Å². The molecule has 1 aromatic heterocycles. The molecule has 1 aliphatic carbocycles. The summed E-state index contributed by atoms with van der Waals surface area (Å²) in [4.78, 5) is 22.8. The third-order valence-electron chi connectivity index (χ3n) is 2.90. The molecule has 0 unspecified atom stereocenters. The summed E-state index contributed by atoms with van der Waals surface area (Å²) in [6.45, 7) is 0. The average molecular weight is 357 g/mol. The number of benzene rings is 1. The largest absolute Gasteiger partial charge is 0.344 e. The lowest BCUT2D eigenvalue weighted by atomic mass is 10.3. The summed E-state index contributed by atoms with van der Waals surface area (Å²) in [7, 11) is 0.